The van der Waals surface area contributed by atoms with Gasteiger partial charge in [0.2, 0.25) is 0 Å². The maximum absolute atomic E-state index is 11.3. The number of ether oxygens (including phenoxy) is 2. The Kier molecular flexibility index (Phi) is 4.61. The predicted molar refractivity (Wildman–Crippen MR) is 62.7 cm³/mol. The van der Waals surface area contributed by atoms with Gasteiger partial charge in [-0.25, -0.2) is 0 Å². The lowest BCUT2D eigenvalue weighted by Crippen LogP contribution is -2.08. The molecule has 0 radical (unpaired) electrons. The minimum atomic E-state index is -0.326. The summed E-state index contributed by atoms with van der Waals surface area (Å²) in [6.07, 6.45) is 0.117. The summed E-state index contributed by atoms with van der Waals surface area (Å²) in [5.74, 6) is 0.0391. The number of aromatic hydroxyl groups is 1. The predicted octanol–water partition coefficient (Wildman–Crippen LogP) is 2.27. The van der Waals surface area contributed by atoms with E-state index in [4.69, 9.17) is 9.47 Å². The number of rotatable bonds is 4. The maximum Gasteiger partial charge on any atom is 0.310 e. The number of hydrogen-bond donors (Lipinski definition) is 1. The average Bonchev–Trinajstić information content (AvgIpc) is 2.23. The van der Waals surface area contributed by atoms with E-state index >= 15 is 0 Å². The SMILES string of the molecule is CCOC(=O)Cc1cc(O)c(OC)cc1Br. The molecule has 1 aromatic rings. The third-order valence-corrected chi connectivity index (χ3v) is 2.73. The smallest absolute Gasteiger partial charge is 0.310 e. The van der Waals surface area contributed by atoms with Gasteiger partial charge in [0.05, 0.1) is 20.1 Å². The van der Waals surface area contributed by atoms with Crippen LogP contribution in [0.2, 0.25) is 0 Å². The van der Waals surface area contributed by atoms with E-state index in [-0.39, 0.29) is 18.1 Å². The Morgan fingerprint density at radius 1 is 1.50 bits per heavy atom. The van der Waals surface area contributed by atoms with Gasteiger partial charge in [0.1, 0.15) is 0 Å². The van der Waals surface area contributed by atoms with E-state index in [1.807, 2.05) is 0 Å². The number of benzene rings is 1. The number of hydrogen-bond acceptors (Lipinski definition) is 4. The number of carbonyl (C=O) groups excluding carboxylic acids is 1. The lowest BCUT2D eigenvalue weighted by molar-refractivity contribution is -0.142. The standard InChI is InChI=1S/C11H13BrO4/c1-3-16-11(14)5-7-4-9(13)10(15-2)6-8(7)12/h4,6,13H,3,5H2,1-2H3. The monoisotopic (exact) mass is 288 g/mol. The van der Waals surface area contributed by atoms with E-state index in [0.717, 1.165) is 0 Å². The molecule has 88 valence electrons. The van der Waals surface area contributed by atoms with Crippen molar-refractivity contribution in [3.8, 4) is 11.5 Å². The van der Waals surface area contributed by atoms with E-state index in [2.05, 4.69) is 15.9 Å². The third kappa shape index (κ3) is 3.13. The highest BCUT2D eigenvalue weighted by Gasteiger charge is 2.11. The first-order chi connectivity index (χ1) is 7.58. The molecule has 0 saturated heterocycles. The summed E-state index contributed by atoms with van der Waals surface area (Å²) in [5, 5.41) is 9.56. The van der Waals surface area contributed by atoms with Crippen LogP contribution in [0, 0.1) is 0 Å². The number of halogens is 1. The van der Waals surface area contributed by atoms with Crippen molar-refractivity contribution in [2.45, 2.75) is 13.3 Å². The fraction of sp³-hybridized carbons (Fsp3) is 0.364. The second-order valence-corrected chi connectivity index (χ2v) is 3.95. The van der Waals surface area contributed by atoms with Crippen molar-refractivity contribution in [1.82, 2.24) is 0 Å². The van der Waals surface area contributed by atoms with E-state index in [0.29, 0.717) is 22.4 Å². The molecule has 4 nitrogen and oxygen atoms in total. The Morgan fingerprint density at radius 2 is 2.19 bits per heavy atom. The van der Waals surface area contributed by atoms with E-state index in [1.54, 1.807) is 13.0 Å². The van der Waals surface area contributed by atoms with Crippen molar-refractivity contribution in [2.24, 2.45) is 0 Å². The van der Waals surface area contributed by atoms with Gasteiger partial charge in [-0.2, -0.15) is 0 Å². The summed E-state index contributed by atoms with van der Waals surface area (Å²) in [4.78, 5) is 11.3. The molecule has 16 heavy (non-hydrogen) atoms. The molecule has 0 atom stereocenters. The van der Waals surface area contributed by atoms with Crippen LogP contribution in [0.1, 0.15) is 12.5 Å². The normalized spacial score (nSPS) is 9.94. The molecular weight excluding hydrogens is 276 g/mol. The van der Waals surface area contributed by atoms with Crippen LogP contribution < -0.4 is 4.74 Å². The Bertz CT molecular complexity index is 390. The Hall–Kier alpha value is -1.23. The summed E-state index contributed by atoms with van der Waals surface area (Å²) < 4.78 is 10.5. The van der Waals surface area contributed by atoms with Gasteiger partial charge in [-0.05, 0) is 24.6 Å². The zero-order chi connectivity index (χ0) is 12.1. The fourth-order valence-corrected chi connectivity index (χ4v) is 1.72. The summed E-state index contributed by atoms with van der Waals surface area (Å²) in [5.41, 5.74) is 0.664. The van der Waals surface area contributed by atoms with Crippen molar-refractivity contribution < 1.29 is 19.4 Å². The second-order valence-electron chi connectivity index (χ2n) is 3.10. The molecule has 5 heteroatoms. The first kappa shape index (κ1) is 12.8. The number of esters is 1. The molecule has 0 fully saturated rings. The molecule has 0 unspecified atom stereocenters. The highest BCUT2D eigenvalue weighted by molar-refractivity contribution is 9.10. The van der Waals surface area contributed by atoms with Crippen LogP contribution in [-0.4, -0.2) is 24.8 Å². The zero-order valence-corrected chi connectivity index (χ0v) is 10.7. The first-order valence-electron chi connectivity index (χ1n) is 4.79. The molecule has 0 bridgehead atoms. The van der Waals surface area contributed by atoms with Crippen molar-refractivity contribution >= 4 is 21.9 Å². The van der Waals surface area contributed by atoms with Crippen LogP contribution in [0.3, 0.4) is 0 Å². The van der Waals surface area contributed by atoms with E-state index in [9.17, 15) is 9.90 Å². The topological polar surface area (TPSA) is 55.8 Å². The molecule has 0 amide bonds. The van der Waals surface area contributed by atoms with Gasteiger partial charge < -0.3 is 14.6 Å². The largest absolute Gasteiger partial charge is 0.504 e. The molecule has 0 heterocycles. The molecule has 0 aromatic heterocycles. The minimum Gasteiger partial charge on any atom is -0.504 e. The lowest BCUT2D eigenvalue weighted by Gasteiger charge is -2.08. The number of phenols is 1. The molecule has 0 saturated carbocycles. The van der Waals surface area contributed by atoms with E-state index < -0.39 is 0 Å². The highest BCUT2D eigenvalue weighted by Crippen LogP contribution is 2.32. The Morgan fingerprint density at radius 3 is 2.75 bits per heavy atom. The van der Waals surface area contributed by atoms with Crippen LogP contribution in [0.25, 0.3) is 0 Å². The van der Waals surface area contributed by atoms with Crippen molar-refractivity contribution in [3.63, 3.8) is 0 Å². The summed E-state index contributed by atoms with van der Waals surface area (Å²) in [6, 6.07) is 3.10. The molecular formula is C11H13BrO4. The van der Waals surface area contributed by atoms with Gasteiger partial charge in [0.25, 0.3) is 0 Å². The molecule has 0 aliphatic carbocycles. The van der Waals surface area contributed by atoms with Crippen molar-refractivity contribution in [3.05, 3.63) is 22.2 Å². The lowest BCUT2D eigenvalue weighted by atomic mass is 10.1. The molecule has 0 aliphatic heterocycles. The van der Waals surface area contributed by atoms with Gasteiger partial charge in [-0.15, -0.1) is 0 Å². The second kappa shape index (κ2) is 5.75. The number of phenolic OH excluding ortho intramolecular Hbond substituents is 1. The van der Waals surface area contributed by atoms with Gasteiger partial charge in [0.15, 0.2) is 11.5 Å². The van der Waals surface area contributed by atoms with Gasteiger partial charge in [0, 0.05) is 4.47 Å². The number of methoxy groups -OCH3 is 1. The van der Waals surface area contributed by atoms with Crippen LogP contribution in [0.5, 0.6) is 11.5 Å². The van der Waals surface area contributed by atoms with Crippen molar-refractivity contribution in [2.75, 3.05) is 13.7 Å². The van der Waals surface area contributed by atoms with Crippen LogP contribution in [-0.2, 0) is 16.0 Å². The van der Waals surface area contributed by atoms with Crippen LogP contribution in [0.4, 0.5) is 0 Å². The van der Waals surface area contributed by atoms with Crippen molar-refractivity contribution in [1.29, 1.82) is 0 Å². The van der Waals surface area contributed by atoms with Gasteiger partial charge in [-0.1, -0.05) is 15.9 Å². The maximum atomic E-state index is 11.3. The quantitative estimate of drug-likeness (QED) is 0.864. The highest BCUT2D eigenvalue weighted by atomic mass is 79.9. The Balaban J connectivity index is 2.89. The zero-order valence-electron chi connectivity index (χ0n) is 9.12. The molecule has 0 spiro atoms. The van der Waals surface area contributed by atoms with E-state index in [1.165, 1.54) is 13.2 Å². The first-order valence-corrected chi connectivity index (χ1v) is 5.58. The molecule has 1 N–H and O–H groups in total. The number of carbonyl (C=O) groups is 1. The van der Waals surface area contributed by atoms with Gasteiger partial charge >= 0.3 is 5.97 Å². The summed E-state index contributed by atoms with van der Waals surface area (Å²) in [6.45, 7) is 2.09. The Labute approximate surface area is 102 Å². The minimum absolute atomic E-state index is 0.00463. The molecule has 0 aliphatic rings. The van der Waals surface area contributed by atoms with Gasteiger partial charge in [-0.3, -0.25) is 4.79 Å². The third-order valence-electron chi connectivity index (χ3n) is 1.99. The fourth-order valence-electron chi connectivity index (χ4n) is 1.25. The average molecular weight is 289 g/mol. The summed E-state index contributed by atoms with van der Waals surface area (Å²) >= 11 is 3.30. The molecule has 1 rings (SSSR count). The van der Waals surface area contributed by atoms with Crippen LogP contribution >= 0.6 is 15.9 Å². The summed E-state index contributed by atoms with van der Waals surface area (Å²) in [7, 11) is 1.46. The molecule has 1 aromatic carbocycles. The van der Waals surface area contributed by atoms with Crippen LogP contribution in [0.15, 0.2) is 16.6 Å².